The molecule has 0 spiro atoms. The molecular formula is C16H21NO4. The number of hydrogen-bond acceptors (Lipinski definition) is 3. The summed E-state index contributed by atoms with van der Waals surface area (Å²) in [6, 6.07) is 9.30. The van der Waals surface area contributed by atoms with Crippen molar-refractivity contribution < 1.29 is 19.4 Å². The van der Waals surface area contributed by atoms with E-state index in [2.05, 4.69) is 5.32 Å². The molecule has 0 bridgehead atoms. The van der Waals surface area contributed by atoms with Crippen LogP contribution in [0, 0.1) is 5.92 Å². The third-order valence-corrected chi connectivity index (χ3v) is 4.22. The van der Waals surface area contributed by atoms with Gasteiger partial charge >= 0.3 is 12.1 Å². The van der Waals surface area contributed by atoms with E-state index in [-0.39, 0.29) is 12.5 Å². The van der Waals surface area contributed by atoms with Crippen LogP contribution >= 0.6 is 0 Å². The smallest absolute Gasteiger partial charge is 0.408 e. The first kappa shape index (κ1) is 15.4. The highest BCUT2D eigenvalue weighted by Crippen LogP contribution is 2.34. The van der Waals surface area contributed by atoms with Gasteiger partial charge in [-0.25, -0.2) is 9.59 Å². The minimum Gasteiger partial charge on any atom is -0.479 e. The number of carboxylic acid groups (broad SMARTS) is 1. The summed E-state index contributed by atoms with van der Waals surface area (Å²) in [7, 11) is 0. The maximum absolute atomic E-state index is 11.9. The van der Waals surface area contributed by atoms with Crippen LogP contribution in [0.4, 0.5) is 4.79 Å². The molecule has 1 aromatic rings. The Morgan fingerprint density at radius 1 is 1.33 bits per heavy atom. The van der Waals surface area contributed by atoms with E-state index in [0.29, 0.717) is 6.42 Å². The van der Waals surface area contributed by atoms with E-state index in [1.54, 1.807) is 0 Å². The van der Waals surface area contributed by atoms with Crippen molar-refractivity contribution in [1.82, 2.24) is 5.32 Å². The Morgan fingerprint density at radius 2 is 2.05 bits per heavy atom. The second kappa shape index (κ2) is 6.61. The lowest BCUT2D eigenvalue weighted by atomic mass is 9.73. The molecule has 0 heterocycles. The van der Waals surface area contributed by atoms with Crippen molar-refractivity contribution in [2.75, 3.05) is 0 Å². The summed E-state index contributed by atoms with van der Waals surface area (Å²) in [5.74, 6) is -1.08. The predicted octanol–water partition coefficient (Wildman–Crippen LogP) is 2.95. The van der Waals surface area contributed by atoms with Crippen molar-refractivity contribution >= 4 is 12.1 Å². The number of carbonyl (C=O) groups is 2. The van der Waals surface area contributed by atoms with Crippen LogP contribution in [0.25, 0.3) is 0 Å². The molecular weight excluding hydrogens is 270 g/mol. The molecule has 0 radical (unpaired) electrons. The monoisotopic (exact) mass is 291 g/mol. The Labute approximate surface area is 124 Å². The predicted molar refractivity (Wildman–Crippen MR) is 77.8 cm³/mol. The largest absolute Gasteiger partial charge is 0.479 e. The number of carbonyl (C=O) groups excluding carboxylic acids is 1. The molecule has 1 aliphatic carbocycles. The standard InChI is InChI=1S/C16H21NO4/c1-12-7-5-6-10-16(12,14(18)19)17-15(20)21-11-13-8-3-2-4-9-13/h2-4,8-9,12H,5-7,10-11H2,1H3,(H,17,20)(H,18,19)/t12-,16-/m0/s1. The molecule has 2 N–H and O–H groups in total. The Kier molecular flexibility index (Phi) is 4.83. The second-order valence-corrected chi connectivity index (χ2v) is 5.61. The van der Waals surface area contributed by atoms with Crippen molar-refractivity contribution in [3.63, 3.8) is 0 Å². The van der Waals surface area contributed by atoms with Gasteiger partial charge < -0.3 is 15.2 Å². The van der Waals surface area contributed by atoms with Gasteiger partial charge in [-0.2, -0.15) is 0 Å². The SMILES string of the molecule is C[C@H]1CCCC[C@@]1(NC(=O)OCc1ccccc1)C(=O)O. The van der Waals surface area contributed by atoms with Gasteiger partial charge in [0.1, 0.15) is 12.1 Å². The van der Waals surface area contributed by atoms with Gasteiger partial charge in [0.05, 0.1) is 0 Å². The molecule has 1 saturated carbocycles. The molecule has 2 rings (SSSR count). The summed E-state index contributed by atoms with van der Waals surface area (Å²) in [6.45, 7) is 2.00. The van der Waals surface area contributed by atoms with E-state index < -0.39 is 17.6 Å². The molecule has 0 unspecified atom stereocenters. The molecule has 1 fully saturated rings. The van der Waals surface area contributed by atoms with Crippen LogP contribution in [0.2, 0.25) is 0 Å². The van der Waals surface area contributed by atoms with Gasteiger partial charge in [0, 0.05) is 0 Å². The number of benzene rings is 1. The summed E-state index contributed by atoms with van der Waals surface area (Å²) in [5, 5.41) is 12.1. The Morgan fingerprint density at radius 3 is 2.67 bits per heavy atom. The summed E-state index contributed by atoms with van der Waals surface area (Å²) in [6.07, 6.45) is 2.37. The van der Waals surface area contributed by atoms with E-state index >= 15 is 0 Å². The van der Waals surface area contributed by atoms with E-state index in [0.717, 1.165) is 24.8 Å². The zero-order valence-corrected chi connectivity index (χ0v) is 12.2. The first-order valence-corrected chi connectivity index (χ1v) is 7.27. The zero-order chi connectivity index (χ0) is 15.3. The second-order valence-electron chi connectivity index (χ2n) is 5.61. The van der Waals surface area contributed by atoms with Gasteiger partial charge in [-0.3, -0.25) is 0 Å². The number of aliphatic carboxylic acids is 1. The first-order chi connectivity index (χ1) is 10.0. The summed E-state index contributed by atoms with van der Waals surface area (Å²) in [5.41, 5.74) is -0.333. The third-order valence-electron chi connectivity index (χ3n) is 4.22. The lowest BCUT2D eigenvalue weighted by Crippen LogP contribution is -2.60. The van der Waals surface area contributed by atoms with Crippen LogP contribution in [0.5, 0.6) is 0 Å². The maximum atomic E-state index is 11.9. The van der Waals surface area contributed by atoms with Crippen molar-refractivity contribution in [2.24, 2.45) is 5.92 Å². The van der Waals surface area contributed by atoms with Gasteiger partial charge in [-0.15, -0.1) is 0 Å². The Bertz CT molecular complexity index is 502. The molecule has 0 aromatic heterocycles. The van der Waals surface area contributed by atoms with Crippen LogP contribution in [0.1, 0.15) is 38.2 Å². The number of rotatable bonds is 4. The topological polar surface area (TPSA) is 75.6 Å². The quantitative estimate of drug-likeness (QED) is 0.894. The number of ether oxygens (including phenoxy) is 1. The first-order valence-electron chi connectivity index (χ1n) is 7.27. The lowest BCUT2D eigenvalue weighted by molar-refractivity contribution is -0.148. The fourth-order valence-corrected chi connectivity index (χ4v) is 2.85. The van der Waals surface area contributed by atoms with Crippen LogP contribution < -0.4 is 5.32 Å². The molecule has 5 nitrogen and oxygen atoms in total. The summed E-state index contributed by atoms with van der Waals surface area (Å²) < 4.78 is 5.14. The third kappa shape index (κ3) is 3.54. The summed E-state index contributed by atoms with van der Waals surface area (Å²) >= 11 is 0. The molecule has 0 saturated heterocycles. The van der Waals surface area contributed by atoms with Crippen LogP contribution in [0.3, 0.4) is 0 Å². The molecule has 5 heteroatoms. The maximum Gasteiger partial charge on any atom is 0.408 e. The van der Waals surface area contributed by atoms with Gasteiger partial charge in [-0.05, 0) is 24.3 Å². The average molecular weight is 291 g/mol. The van der Waals surface area contributed by atoms with Gasteiger partial charge in [0.25, 0.3) is 0 Å². The summed E-state index contributed by atoms with van der Waals surface area (Å²) in [4.78, 5) is 23.6. The van der Waals surface area contributed by atoms with Crippen LogP contribution in [-0.2, 0) is 16.1 Å². The Hall–Kier alpha value is -2.04. The fourth-order valence-electron chi connectivity index (χ4n) is 2.85. The Balaban J connectivity index is 1.97. The number of alkyl carbamates (subject to hydrolysis) is 1. The molecule has 2 atom stereocenters. The molecule has 1 aromatic carbocycles. The highest BCUT2D eigenvalue weighted by atomic mass is 16.5. The highest BCUT2D eigenvalue weighted by Gasteiger charge is 2.46. The van der Waals surface area contributed by atoms with E-state index in [1.165, 1.54) is 0 Å². The van der Waals surface area contributed by atoms with E-state index in [9.17, 15) is 14.7 Å². The molecule has 1 amide bonds. The van der Waals surface area contributed by atoms with E-state index in [1.807, 2.05) is 37.3 Å². The highest BCUT2D eigenvalue weighted by molar-refractivity contribution is 5.84. The van der Waals surface area contributed by atoms with Crippen LogP contribution in [-0.4, -0.2) is 22.7 Å². The number of hydrogen-bond donors (Lipinski definition) is 2. The van der Waals surface area contributed by atoms with Crippen LogP contribution in [0.15, 0.2) is 30.3 Å². The number of carboxylic acids is 1. The fraction of sp³-hybridized carbons (Fsp3) is 0.500. The molecule has 21 heavy (non-hydrogen) atoms. The number of amides is 1. The molecule has 0 aliphatic heterocycles. The lowest BCUT2D eigenvalue weighted by Gasteiger charge is -2.39. The van der Waals surface area contributed by atoms with Crippen molar-refractivity contribution in [1.29, 1.82) is 0 Å². The molecule has 1 aliphatic rings. The van der Waals surface area contributed by atoms with Gasteiger partial charge in [-0.1, -0.05) is 50.1 Å². The van der Waals surface area contributed by atoms with E-state index in [4.69, 9.17) is 4.74 Å². The van der Waals surface area contributed by atoms with Gasteiger partial charge in [0.2, 0.25) is 0 Å². The minimum atomic E-state index is -1.20. The molecule has 114 valence electrons. The average Bonchev–Trinajstić information content (AvgIpc) is 2.48. The normalized spacial score (nSPS) is 25.1. The zero-order valence-electron chi connectivity index (χ0n) is 12.2. The number of nitrogens with one attached hydrogen (secondary N) is 1. The van der Waals surface area contributed by atoms with Crippen molar-refractivity contribution in [3.8, 4) is 0 Å². The minimum absolute atomic E-state index is 0.104. The van der Waals surface area contributed by atoms with Crippen molar-refractivity contribution in [3.05, 3.63) is 35.9 Å². The van der Waals surface area contributed by atoms with Crippen molar-refractivity contribution in [2.45, 2.75) is 44.8 Å². The van der Waals surface area contributed by atoms with Gasteiger partial charge in [0.15, 0.2) is 0 Å².